The fourth-order valence-electron chi connectivity index (χ4n) is 1.25. The summed E-state index contributed by atoms with van der Waals surface area (Å²) < 4.78 is 26.8. The number of hydrogen-bond donors (Lipinski definition) is 1. The maximum absolute atomic E-state index is 11.4. The fraction of sp³-hybridized carbons (Fsp3) is 0.250. The smallest absolute Gasteiger partial charge is 0.276 e. The topological polar surface area (TPSA) is 76.9 Å². The predicted octanol–water partition coefficient (Wildman–Crippen LogP) is -0.124. The van der Waals surface area contributed by atoms with E-state index in [0.29, 0.717) is 5.65 Å². The largest absolute Gasteiger partial charge is 0.335 e. The monoisotopic (exact) mass is 226 g/mol. The zero-order chi connectivity index (χ0) is 11.1. The molecular weight excluding hydrogens is 216 g/mol. The van der Waals surface area contributed by atoms with Crippen LogP contribution in [-0.2, 0) is 17.1 Å². The number of sulfonamides is 1. The van der Waals surface area contributed by atoms with Crippen LogP contribution in [0.2, 0.25) is 0 Å². The number of aryl methyl sites for hydroxylation is 1. The van der Waals surface area contributed by atoms with Crippen molar-refractivity contribution in [1.29, 1.82) is 0 Å². The summed E-state index contributed by atoms with van der Waals surface area (Å²) in [6, 6.07) is 1.82. The first-order chi connectivity index (χ1) is 7.04. The molecule has 2 aromatic heterocycles. The standard InChI is InChI=1S/C8H10N4O2S/c1-9-15(13,14)8-10-5-6-3-4-12(2)7(6)11-8/h3-5,9H,1-2H3. The normalized spacial score (nSPS) is 12.1. The van der Waals surface area contributed by atoms with E-state index in [4.69, 9.17) is 0 Å². The van der Waals surface area contributed by atoms with E-state index in [0.717, 1.165) is 5.39 Å². The van der Waals surface area contributed by atoms with Gasteiger partial charge in [0.1, 0.15) is 5.65 Å². The highest BCUT2D eigenvalue weighted by Crippen LogP contribution is 2.12. The summed E-state index contributed by atoms with van der Waals surface area (Å²) in [7, 11) is -0.446. The van der Waals surface area contributed by atoms with Gasteiger partial charge in [-0.1, -0.05) is 0 Å². The lowest BCUT2D eigenvalue weighted by atomic mass is 10.4. The Labute approximate surface area is 87.0 Å². The molecule has 0 spiro atoms. The Morgan fingerprint density at radius 1 is 1.47 bits per heavy atom. The molecule has 2 heterocycles. The van der Waals surface area contributed by atoms with E-state index >= 15 is 0 Å². The van der Waals surface area contributed by atoms with Crippen molar-refractivity contribution in [2.75, 3.05) is 7.05 Å². The van der Waals surface area contributed by atoms with Gasteiger partial charge in [0.15, 0.2) is 0 Å². The highest BCUT2D eigenvalue weighted by atomic mass is 32.2. The molecule has 2 aromatic rings. The van der Waals surface area contributed by atoms with Crippen LogP contribution in [0.15, 0.2) is 23.6 Å². The highest BCUT2D eigenvalue weighted by Gasteiger charge is 2.16. The van der Waals surface area contributed by atoms with Crippen LogP contribution in [0.1, 0.15) is 0 Å². The zero-order valence-corrected chi connectivity index (χ0v) is 9.11. The van der Waals surface area contributed by atoms with Crippen molar-refractivity contribution < 1.29 is 8.42 Å². The second-order valence-electron chi connectivity index (χ2n) is 3.07. The molecule has 0 saturated carbocycles. The van der Waals surface area contributed by atoms with Gasteiger partial charge in [0.05, 0.1) is 0 Å². The van der Waals surface area contributed by atoms with Gasteiger partial charge in [-0.2, -0.15) is 4.98 Å². The minimum absolute atomic E-state index is 0.209. The minimum atomic E-state index is -3.57. The van der Waals surface area contributed by atoms with Crippen molar-refractivity contribution in [3.8, 4) is 0 Å². The molecule has 7 heteroatoms. The van der Waals surface area contributed by atoms with Crippen molar-refractivity contribution in [1.82, 2.24) is 19.3 Å². The van der Waals surface area contributed by atoms with Gasteiger partial charge in [0, 0.05) is 24.8 Å². The van der Waals surface area contributed by atoms with Crippen molar-refractivity contribution in [3.63, 3.8) is 0 Å². The van der Waals surface area contributed by atoms with Crippen LogP contribution in [-0.4, -0.2) is 30.0 Å². The SMILES string of the molecule is CNS(=O)(=O)c1ncc2ccn(C)c2n1. The average molecular weight is 226 g/mol. The first kappa shape index (κ1) is 10.1. The highest BCUT2D eigenvalue weighted by molar-refractivity contribution is 7.89. The molecule has 15 heavy (non-hydrogen) atoms. The summed E-state index contributed by atoms with van der Waals surface area (Å²) in [6.07, 6.45) is 3.29. The molecule has 1 N–H and O–H groups in total. The van der Waals surface area contributed by atoms with Crippen LogP contribution in [0, 0.1) is 0 Å². The molecule has 0 aliphatic rings. The van der Waals surface area contributed by atoms with E-state index in [1.165, 1.54) is 13.2 Å². The van der Waals surface area contributed by atoms with Gasteiger partial charge in [0.25, 0.3) is 15.2 Å². The second-order valence-corrected chi connectivity index (χ2v) is 4.85. The van der Waals surface area contributed by atoms with Gasteiger partial charge in [-0.3, -0.25) is 0 Å². The van der Waals surface area contributed by atoms with Crippen molar-refractivity contribution >= 4 is 21.1 Å². The molecule has 0 fully saturated rings. The Balaban J connectivity index is 2.70. The van der Waals surface area contributed by atoms with E-state index in [1.807, 2.05) is 6.07 Å². The molecule has 0 radical (unpaired) electrons. The van der Waals surface area contributed by atoms with E-state index in [9.17, 15) is 8.42 Å². The fourth-order valence-corrected chi connectivity index (χ4v) is 1.83. The third kappa shape index (κ3) is 1.59. The number of rotatable bonds is 2. The Kier molecular flexibility index (Phi) is 2.20. The predicted molar refractivity (Wildman–Crippen MR) is 54.8 cm³/mol. The molecule has 0 aromatic carbocycles. The van der Waals surface area contributed by atoms with Crippen LogP contribution < -0.4 is 4.72 Å². The lowest BCUT2D eigenvalue weighted by molar-refractivity contribution is 0.579. The molecular formula is C8H10N4O2S. The Bertz CT molecular complexity index is 602. The van der Waals surface area contributed by atoms with Crippen molar-refractivity contribution in [2.24, 2.45) is 7.05 Å². The van der Waals surface area contributed by atoms with Crippen molar-refractivity contribution in [2.45, 2.75) is 5.16 Å². The van der Waals surface area contributed by atoms with Crippen LogP contribution >= 0.6 is 0 Å². The zero-order valence-electron chi connectivity index (χ0n) is 8.30. The summed E-state index contributed by atoms with van der Waals surface area (Å²) >= 11 is 0. The van der Waals surface area contributed by atoms with Crippen LogP contribution in [0.25, 0.3) is 11.0 Å². The molecule has 0 bridgehead atoms. The first-order valence-corrected chi connectivity index (χ1v) is 5.74. The average Bonchev–Trinajstić information content (AvgIpc) is 2.60. The van der Waals surface area contributed by atoms with Gasteiger partial charge in [-0.15, -0.1) is 0 Å². The summed E-state index contributed by atoms with van der Waals surface area (Å²) in [6.45, 7) is 0. The van der Waals surface area contributed by atoms with Crippen LogP contribution in [0.4, 0.5) is 0 Å². The Morgan fingerprint density at radius 2 is 2.20 bits per heavy atom. The molecule has 0 atom stereocenters. The maximum atomic E-state index is 11.4. The summed E-state index contributed by atoms with van der Waals surface area (Å²) in [5.74, 6) is 0. The summed E-state index contributed by atoms with van der Waals surface area (Å²) in [4.78, 5) is 7.77. The molecule has 2 rings (SSSR count). The van der Waals surface area contributed by atoms with E-state index < -0.39 is 10.0 Å². The lowest BCUT2D eigenvalue weighted by Gasteiger charge is -2.01. The van der Waals surface area contributed by atoms with E-state index in [2.05, 4.69) is 14.7 Å². The lowest BCUT2D eigenvalue weighted by Crippen LogP contribution is -2.21. The number of aromatic nitrogens is 3. The second kappa shape index (κ2) is 3.28. The number of nitrogens with zero attached hydrogens (tertiary/aromatic N) is 3. The van der Waals surface area contributed by atoms with E-state index in [-0.39, 0.29) is 5.16 Å². The molecule has 0 saturated heterocycles. The van der Waals surface area contributed by atoms with Crippen LogP contribution in [0.5, 0.6) is 0 Å². The third-order valence-corrected chi connectivity index (χ3v) is 3.31. The maximum Gasteiger partial charge on any atom is 0.276 e. The van der Waals surface area contributed by atoms with Crippen LogP contribution in [0.3, 0.4) is 0 Å². The van der Waals surface area contributed by atoms with Gasteiger partial charge in [0.2, 0.25) is 0 Å². The number of hydrogen-bond acceptors (Lipinski definition) is 4. The van der Waals surface area contributed by atoms with Crippen molar-refractivity contribution in [3.05, 3.63) is 18.5 Å². The molecule has 0 aliphatic heterocycles. The summed E-state index contributed by atoms with van der Waals surface area (Å²) in [5, 5.41) is 0.604. The molecule has 80 valence electrons. The number of nitrogens with one attached hydrogen (secondary N) is 1. The van der Waals surface area contributed by atoms with Gasteiger partial charge < -0.3 is 4.57 Å². The minimum Gasteiger partial charge on any atom is -0.335 e. The summed E-state index contributed by atoms with van der Waals surface area (Å²) in [5.41, 5.74) is 0.596. The van der Waals surface area contributed by atoms with Gasteiger partial charge in [-0.25, -0.2) is 18.1 Å². The molecule has 0 amide bonds. The molecule has 0 unspecified atom stereocenters. The third-order valence-electron chi connectivity index (χ3n) is 2.09. The van der Waals surface area contributed by atoms with Gasteiger partial charge in [-0.05, 0) is 13.1 Å². The quantitative estimate of drug-likeness (QED) is 0.724. The van der Waals surface area contributed by atoms with Gasteiger partial charge >= 0.3 is 0 Å². The van der Waals surface area contributed by atoms with E-state index in [1.54, 1.807) is 17.8 Å². The Hall–Kier alpha value is -1.47. The molecule has 6 nitrogen and oxygen atoms in total. The molecule has 0 aliphatic carbocycles. The number of fused-ring (bicyclic) bond motifs is 1. The first-order valence-electron chi connectivity index (χ1n) is 4.26. The Morgan fingerprint density at radius 3 is 2.87 bits per heavy atom.